The minimum Gasteiger partial charge on any atom is -0.494 e. The molecule has 3 atom stereocenters. The number of anilines is 2. The van der Waals surface area contributed by atoms with Crippen molar-refractivity contribution in [1.82, 2.24) is 0 Å². The molecule has 3 aromatic rings. The number of aryl methyl sites for hydroxylation is 2. The van der Waals surface area contributed by atoms with Crippen molar-refractivity contribution >= 4 is 21.4 Å². The van der Waals surface area contributed by atoms with Crippen LogP contribution < -0.4 is 14.8 Å². The highest BCUT2D eigenvalue weighted by Crippen LogP contribution is 2.50. The molecule has 5 rings (SSSR count). The molecule has 0 spiro atoms. The third-order valence-electron chi connectivity index (χ3n) is 6.67. The maximum Gasteiger partial charge on any atom is 0.261 e. The first-order chi connectivity index (χ1) is 16.3. The zero-order chi connectivity index (χ0) is 23.9. The minimum atomic E-state index is -3.70. The molecular weight excluding hydrogens is 444 g/mol. The van der Waals surface area contributed by atoms with Crippen molar-refractivity contribution in [3.8, 4) is 5.75 Å². The summed E-state index contributed by atoms with van der Waals surface area (Å²) >= 11 is 0. The number of hydrogen-bond donors (Lipinski definition) is 2. The number of fused-ring (bicyclic) bond motifs is 3. The van der Waals surface area contributed by atoms with Gasteiger partial charge >= 0.3 is 0 Å². The van der Waals surface area contributed by atoms with E-state index in [1.807, 2.05) is 63.2 Å². The highest BCUT2D eigenvalue weighted by atomic mass is 32.2. The topological polar surface area (TPSA) is 67.4 Å². The van der Waals surface area contributed by atoms with Gasteiger partial charge in [-0.15, -0.1) is 0 Å². The molecule has 3 aromatic carbocycles. The van der Waals surface area contributed by atoms with Crippen LogP contribution in [-0.4, -0.2) is 15.0 Å². The van der Waals surface area contributed by atoms with E-state index in [1.165, 1.54) is 5.56 Å². The molecule has 0 radical (unpaired) electrons. The molecule has 0 bridgehead atoms. The van der Waals surface area contributed by atoms with Gasteiger partial charge in [-0.3, -0.25) is 4.72 Å². The lowest BCUT2D eigenvalue weighted by molar-refractivity contribution is 0.340. The van der Waals surface area contributed by atoms with E-state index in [0.29, 0.717) is 18.2 Å². The second kappa shape index (κ2) is 8.84. The predicted molar refractivity (Wildman–Crippen MR) is 137 cm³/mol. The van der Waals surface area contributed by atoms with E-state index in [4.69, 9.17) is 4.74 Å². The average molecular weight is 475 g/mol. The van der Waals surface area contributed by atoms with Gasteiger partial charge in [0.2, 0.25) is 0 Å². The first-order valence-electron chi connectivity index (χ1n) is 11.7. The number of nitrogens with one attached hydrogen (secondary N) is 2. The number of benzene rings is 3. The molecule has 1 heterocycles. The quantitative estimate of drug-likeness (QED) is 0.410. The molecule has 34 heavy (non-hydrogen) atoms. The normalized spacial score (nSPS) is 20.9. The summed E-state index contributed by atoms with van der Waals surface area (Å²) in [5, 5.41) is 3.68. The highest BCUT2D eigenvalue weighted by molar-refractivity contribution is 7.92. The smallest absolute Gasteiger partial charge is 0.261 e. The minimum absolute atomic E-state index is 0.152. The number of allylic oxidation sites excluding steroid dienone is 2. The number of sulfonamides is 1. The number of hydrogen-bond acceptors (Lipinski definition) is 4. The molecule has 2 aliphatic rings. The summed E-state index contributed by atoms with van der Waals surface area (Å²) in [5.74, 6) is 1.37. The van der Waals surface area contributed by atoms with E-state index in [0.717, 1.165) is 34.5 Å². The van der Waals surface area contributed by atoms with Crippen LogP contribution in [0.2, 0.25) is 0 Å². The molecule has 0 saturated carbocycles. The maximum absolute atomic E-state index is 13.2. The van der Waals surface area contributed by atoms with Crippen molar-refractivity contribution in [2.24, 2.45) is 5.92 Å². The summed E-state index contributed by atoms with van der Waals surface area (Å²) in [6.45, 7) is 6.55. The van der Waals surface area contributed by atoms with Gasteiger partial charge in [0.05, 0.1) is 17.5 Å². The lowest BCUT2D eigenvalue weighted by atomic mass is 9.77. The van der Waals surface area contributed by atoms with Crippen molar-refractivity contribution in [2.45, 2.75) is 44.0 Å². The fraction of sp³-hybridized carbons (Fsp3) is 0.286. The SMILES string of the molecule is CCOc1ccc(C2Nc3ccc(S(=O)(=O)Nc4cc(C)cc(C)c4)cc3C3C=CCC32)cc1. The molecule has 0 aromatic heterocycles. The average Bonchev–Trinajstić information content (AvgIpc) is 3.28. The van der Waals surface area contributed by atoms with Crippen LogP contribution in [0, 0.1) is 19.8 Å². The lowest BCUT2D eigenvalue weighted by Crippen LogP contribution is -2.29. The van der Waals surface area contributed by atoms with Crippen LogP contribution in [0.4, 0.5) is 11.4 Å². The van der Waals surface area contributed by atoms with Crippen molar-refractivity contribution in [2.75, 3.05) is 16.6 Å². The second-order valence-electron chi connectivity index (χ2n) is 9.21. The van der Waals surface area contributed by atoms with Crippen LogP contribution in [0.3, 0.4) is 0 Å². The summed E-state index contributed by atoms with van der Waals surface area (Å²) in [6, 6.07) is 19.6. The van der Waals surface area contributed by atoms with E-state index in [9.17, 15) is 8.42 Å². The Morgan fingerprint density at radius 1 is 1.00 bits per heavy atom. The van der Waals surface area contributed by atoms with Crippen molar-refractivity contribution in [3.05, 3.63) is 95.1 Å². The predicted octanol–water partition coefficient (Wildman–Crippen LogP) is 6.33. The summed E-state index contributed by atoms with van der Waals surface area (Å²) in [6.07, 6.45) is 5.38. The maximum atomic E-state index is 13.2. The molecule has 0 fully saturated rings. The largest absolute Gasteiger partial charge is 0.494 e. The van der Waals surface area contributed by atoms with E-state index in [2.05, 4.69) is 34.3 Å². The Kier molecular flexibility index (Phi) is 5.86. The molecule has 176 valence electrons. The zero-order valence-electron chi connectivity index (χ0n) is 19.7. The molecule has 0 saturated heterocycles. The van der Waals surface area contributed by atoms with Crippen LogP contribution in [-0.2, 0) is 10.0 Å². The van der Waals surface area contributed by atoms with E-state index in [-0.39, 0.29) is 16.9 Å². The van der Waals surface area contributed by atoms with Crippen LogP contribution >= 0.6 is 0 Å². The molecule has 1 aliphatic carbocycles. The van der Waals surface area contributed by atoms with Gasteiger partial charge in [0, 0.05) is 17.3 Å². The molecule has 3 unspecified atom stereocenters. The van der Waals surface area contributed by atoms with Crippen LogP contribution in [0.5, 0.6) is 5.75 Å². The number of rotatable bonds is 6. The lowest BCUT2D eigenvalue weighted by Gasteiger charge is -2.37. The van der Waals surface area contributed by atoms with Crippen molar-refractivity contribution < 1.29 is 13.2 Å². The second-order valence-corrected chi connectivity index (χ2v) is 10.9. The van der Waals surface area contributed by atoms with Crippen molar-refractivity contribution in [3.63, 3.8) is 0 Å². The van der Waals surface area contributed by atoms with E-state index in [1.54, 1.807) is 6.07 Å². The van der Waals surface area contributed by atoms with Gasteiger partial charge in [-0.1, -0.05) is 30.4 Å². The highest BCUT2D eigenvalue weighted by Gasteiger charge is 2.38. The molecule has 5 nitrogen and oxygen atoms in total. The summed E-state index contributed by atoms with van der Waals surface area (Å²) in [7, 11) is -3.70. The van der Waals surface area contributed by atoms with Gasteiger partial charge in [-0.2, -0.15) is 0 Å². The Balaban J connectivity index is 1.45. The Morgan fingerprint density at radius 3 is 2.44 bits per heavy atom. The van der Waals surface area contributed by atoms with Gasteiger partial charge in [-0.05, 0) is 97.8 Å². The van der Waals surface area contributed by atoms with E-state index >= 15 is 0 Å². The van der Waals surface area contributed by atoms with Crippen LogP contribution in [0.1, 0.15) is 47.6 Å². The monoisotopic (exact) mass is 474 g/mol. The summed E-state index contributed by atoms with van der Waals surface area (Å²) in [5.41, 5.74) is 5.85. The van der Waals surface area contributed by atoms with Gasteiger partial charge in [0.1, 0.15) is 5.75 Å². The Bertz CT molecular complexity index is 1330. The third kappa shape index (κ3) is 4.30. The van der Waals surface area contributed by atoms with Crippen molar-refractivity contribution in [1.29, 1.82) is 0 Å². The number of ether oxygens (including phenoxy) is 1. The Morgan fingerprint density at radius 2 is 1.74 bits per heavy atom. The van der Waals surface area contributed by atoms with Gasteiger partial charge in [0.15, 0.2) is 0 Å². The van der Waals surface area contributed by atoms with Gasteiger partial charge < -0.3 is 10.1 Å². The zero-order valence-corrected chi connectivity index (χ0v) is 20.5. The first kappa shape index (κ1) is 22.5. The van der Waals surface area contributed by atoms with Crippen LogP contribution in [0.15, 0.2) is 77.7 Å². The third-order valence-corrected chi connectivity index (χ3v) is 8.05. The molecule has 0 amide bonds. The van der Waals surface area contributed by atoms with Gasteiger partial charge in [-0.25, -0.2) is 8.42 Å². The molecule has 2 N–H and O–H groups in total. The standard InChI is InChI=1S/C28H30N2O3S/c1-4-33-22-10-8-20(9-11-22)28-25-7-5-6-24(25)26-17-23(12-13-27(26)29-28)34(31,32)30-21-15-18(2)14-19(3)16-21/h5-6,8-17,24-25,28-30H,4,7H2,1-3H3. The fourth-order valence-electron chi connectivity index (χ4n) is 5.26. The Labute approximate surface area is 201 Å². The fourth-order valence-corrected chi connectivity index (χ4v) is 6.33. The molecule has 1 aliphatic heterocycles. The summed E-state index contributed by atoms with van der Waals surface area (Å²) in [4.78, 5) is 0.283. The Hall–Kier alpha value is -3.25. The van der Waals surface area contributed by atoms with Crippen LogP contribution in [0.25, 0.3) is 0 Å². The molecule has 6 heteroatoms. The van der Waals surface area contributed by atoms with Gasteiger partial charge in [0.25, 0.3) is 10.0 Å². The first-order valence-corrected chi connectivity index (χ1v) is 13.2. The van der Waals surface area contributed by atoms with E-state index < -0.39 is 10.0 Å². The summed E-state index contributed by atoms with van der Waals surface area (Å²) < 4.78 is 34.8. The molecular formula is C28H30N2O3S.